The molecule has 1 aliphatic rings. The first-order valence-electron chi connectivity index (χ1n) is 9.53. The SMILES string of the molecule is CCC(C)C(C(=O)NNC(=O)c1csc(N2CCOCC2)n1)c1ccccc1. The van der Waals surface area contributed by atoms with Crippen LogP contribution in [-0.2, 0) is 9.53 Å². The van der Waals surface area contributed by atoms with Crippen molar-refractivity contribution in [3.05, 3.63) is 47.0 Å². The Morgan fingerprint density at radius 1 is 1.21 bits per heavy atom. The van der Waals surface area contributed by atoms with Crippen molar-refractivity contribution in [2.75, 3.05) is 31.2 Å². The number of hydrogen-bond acceptors (Lipinski definition) is 6. The molecule has 2 amide bonds. The smallest absolute Gasteiger partial charge is 0.289 e. The van der Waals surface area contributed by atoms with Gasteiger partial charge in [0, 0.05) is 18.5 Å². The van der Waals surface area contributed by atoms with Crippen molar-refractivity contribution < 1.29 is 14.3 Å². The highest BCUT2D eigenvalue weighted by Crippen LogP contribution is 2.27. The van der Waals surface area contributed by atoms with Crippen LogP contribution in [0.1, 0.15) is 42.2 Å². The van der Waals surface area contributed by atoms with Crippen molar-refractivity contribution in [1.29, 1.82) is 0 Å². The second-order valence-corrected chi connectivity index (χ2v) is 7.67. The minimum absolute atomic E-state index is 0.145. The number of morpholine rings is 1. The van der Waals surface area contributed by atoms with Gasteiger partial charge in [0.2, 0.25) is 5.91 Å². The van der Waals surface area contributed by atoms with E-state index in [1.807, 2.05) is 37.3 Å². The molecule has 0 saturated carbocycles. The Morgan fingerprint density at radius 3 is 2.61 bits per heavy atom. The lowest BCUT2D eigenvalue weighted by Gasteiger charge is -2.26. The van der Waals surface area contributed by atoms with E-state index in [0.717, 1.165) is 30.2 Å². The van der Waals surface area contributed by atoms with E-state index in [1.54, 1.807) is 5.38 Å². The summed E-state index contributed by atoms with van der Waals surface area (Å²) in [6.45, 7) is 6.93. The van der Waals surface area contributed by atoms with Crippen LogP contribution in [0.25, 0.3) is 0 Å². The molecular formula is C20H26N4O3S. The summed E-state index contributed by atoms with van der Waals surface area (Å²) in [7, 11) is 0. The molecule has 0 aliphatic carbocycles. The first kappa shape index (κ1) is 20.3. The number of aromatic nitrogens is 1. The van der Waals surface area contributed by atoms with Gasteiger partial charge in [0.25, 0.3) is 5.91 Å². The third kappa shape index (κ3) is 4.88. The van der Waals surface area contributed by atoms with Crippen LogP contribution in [0.3, 0.4) is 0 Å². The van der Waals surface area contributed by atoms with Gasteiger partial charge >= 0.3 is 0 Å². The van der Waals surface area contributed by atoms with Crippen molar-refractivity contribution in [3.8, 4) is 0 Å². The van der Waals surface area contributed by atoms with Gasteiger partial charge in [-0.05, 0) is 11.5 Å². The maximum absolute atomic E-state index is 12.8. The molecule has 0 bridgehead atoms. The van der Waals surface area contributed by atoms with Crippen molar-refractivity contribution in [3.63, 3.8) is 0 Å². The molecule has 2 N–H and O–H groups in total. The molecule has 28 heavy (non-hydrogen) atoms. The Balaban J connectivity index is 1.61. The van der Waals surface area contributed by atoms with E-state index in [-0.39, 0.29) is 17.7 Å². The van der Waals surface area contributed by atoms with Gasteiger partial charge in [-0.1, -0.05) is 50.6 Å². The molecule has 3 rings (SSSR count). The van der Waals surface area contributed by atoms with Crippen molar-refractivity contribution in [2.24, 2.45) is 5.92 Å². The monoisotopic (exact) mass is 402 g/mol. The van der Waals surface area contributed by atoms with Gasteiger partial charge in [-0.2, -0.15) is 0 Å². The van der Waals surface area contributed by atoms with E-state index in [2.05, 4.69) is 27.7 Å². The molecule has 1 aliphatic heterocycles. The molecule has 0 radical (unpaired) electrons. The molecule has 2 atom stereocenters. The zero-order valence-electron chi connectivity index (χ0n) is 16.2. The fraction of sp³-hybridized carbons (Fsp3) is 0.450. The van der Waals surface area contributed by atoms with Crippen molar-refractivity contribution in [2.45, 2.75) is 26.2 Å². The van der Waals surface area contributed by atoms with E-state index in [9.17, 15) is 9.59 Å². The summed E-state index contributed by atoms with van der Waals surface area (Å²) in [6.07, 6.45) is 0.857. The molecule has 2 heterocycles. The number of nitrogens with one attached hydrogen (secondary N) is 2. The highest BCUT2D eigenvalue weighted by Gasteiger charge is 2.26. The molecule has 8 heteroatoms. The maximum Gasteiger partial charge on any atom is 0.289 e. The molecule has 1 aromatic carbocycles. The number of hydrogen-bond donors (Lipinski definition) is 2. The number of hydrazine groups is 1. The van der Waals surface area contributed by atoms with E-state index in [0.29, 0.717) is 18.9 Å². The largest absolute Gasteiger partial charge is 0.378 e. The first-order valence-corrected chi connectivity index (χ1v) is 10.4. The minimum Gasteiger partial charge on any atom is -0.378 e. The second-order valence-electron chi connectivity index (χ2n) is 6.83. The maximum atomic E-state index is 12.8. The molecule has 1 fully saturated rings. The van der Waals surface area contributed by atoms with Gasteiger partial charge in [0.05, 0.1) is 19.1 Å². The first-order chi connectivity index (χ1) is 13.6. The lowest BCUT2D eigenvalue weighted by atomic mass is 9.85. The number of thiazole rings is 1. The lowest BCUT2D eigenvalue weighted by Crippen LogP contribution is -2.45. The van der Waals surface area contributed by atoms with Gasteiger partial charge in [0.15, 0.2) is 5.13 Å². The second kappa shape index (κ2) is 9.66. The summed E-state index contributed by atoms with van der Waals surface area (Å²) in [5, 5.41) is 2.50. The predicted octanol–water partition coefficient (Wildman–Crippen LogP) is 2.57. The molecular weight excluding hydrogens is 376 g/mol. The Kier molecular flexibility index (Phi) is 7.00. The van der Waals surface area contributed by atoms with E-state index in [4.69, 9.17) is 4.74 Å². The van der Waals surface area contributed by atoms with Crippen LogP contribution in [-0.4, -0.2) is 43.1 Å². The van der Waals surface area contributed by atoms with E-state index < -0.39 is 5.91 Å². The van der Waals surface area contributed by atoms with Crippen LogP contribution in [0.2, 0.25) is 0 Å². The lowest BCUT2D eigenvalue weighted by molar-refractivity contribution is -0.124. The molecule has 1 aromatic heterocycles. The highest BCUT2D eigenvalue weighted by molar-refractivity contribution is 7.13. The summed E-state index contributed by atoms with van der Waals surface area (Å²) >= 11 is 1.42. The number of rotatable bonds is 6. The van der Waals surface area contributed by atoms with Gasteiger partial charge in [0.1, 0.15) is 5.69 Å². The fourth-order valence-electron chi connectivity index (χ4n) is 3.16. The van der Waals surface area contributed by atoms with E-state index >= 15 is 0 Å². The zero-order chi connectivity index (χ0) is 19.9. The zero-order valence-corrected chi connectivity index (χ0v) is 17.0. The summed E-state index contributed by atoms with van der Waals surface area (Å²) in [5.74, 6) is -0.824. The van der Waals surface area contributed by atoms with E-state index in [1.165, 1.54) is 11.3 Å². The Labute approximate surface area is 169 Å². The molecule has 2 unspecified atom stereocenters. The number of benzene rings is 1. The number of amides is 2. The Bertz CT molecular complexity index is 790. The van der Waals surface area contributed by atoms with Crippen LogP contribution in [0.5, 0.6) is 0 Å². The number of nitrogens with zero attached hydrogens (tertiary/aromatic N) is 2. The molecule has 1 saturated heterocycles. The summed E-state index contributed by atoms with van der Waals surface area (Å²) in [4.78, 5) is 31.7. The molecule has 0 spiro atoms. The normalized spacial score (nSPS) is 16.3. The number of carbonyl (C=O) groups excluding carboxylic acids is 2. The average molecular weight is 403 g/mol. The average Bonchev–Trinajstić information content (AvgIpc) is 3.24. The summed E-state index contributed by atoms with van der Waals surface area (Å²) in [6, 6.07) is 9.63. The Hall–Kier alpha value is -2.45. The Morgan fingerprint density at radius 2 is 1.93 bits per heavy atom. The number of anilines is 1. The van der Waals surface area contributed by atoms with Gasteiger partial charge < -0.3 is 9.64 Å². The van der Waals surface area contributed by atoms with Crippen LogP contribution < -0.4 is 15.8 Å². The van der Waals surface area contributed by atoms with Crippen molar-refractivity contribution >= 4 is 28.3 Å². The highest BCUT2D eigenvalue weighted by atomic mass is 32.1. The quantitative estimate of drug-likeness (QED) is 0.726. The van der Waals surface area contributed by atoms with Crippen LogP contribution in [0.15, 0.2) is 35.7 Å². The standard InChI is InChI=1S/C20H26N4O3S/c1-3-14(2)17(15-7-5-4-6-8-15)19(26)23-22-18(25)16-13-28-20(21-16)24-9-11-27-12-10-24/h4-8,13-14,17H,3,9-12H2,1-2H3,(H,22,25)(H,23,26). The third-order valence-electron chi connectivity index (χ3n) is 4.96. The fourth-order valence-corrected chi connectivity index (χ4v) is 4.02. The van der Waals surface area contributed by atoms with Crippen LogP contribution in [0.4, 0.5) is 5.13 Å². The number of carbonyl (C=O) groups is 2. The van der Waals surface area contributed by atoms with Gasteiger partial charge in [-0.3, -0.25) is 20.4 Å². The van der Waals surface area contributed by atoms with Gasteiger partial charge in [-0.25, -0.2) is 4.98 Å². The molecule has 2 aromatic rings. The molecule has 150 valence electrons. The third-order valence-corrected chi connectivity index (χ3v) is 5.86. The summed E-state index contributed by atoms with van der Waals surface area (Å²) < 4.78 is 5.34. The van der Waals surface area contributed by atoms with Gasteiger partial charge in [-0.15, -0.1) is 11.3 Å². The van der Waals surface area contributed by atoms with Crippen LogP contribution in [0, 0.1) is 5.92 Å². The van der Waals surface area contributed by atoms with Crippen molar-refractivity contribution in [1.82, 2.24) is 15.8 Å². The number of ether oxygens (including phenoxy) is 1. The minimum atomic E-state index is -0.417. The van der Waals surface area contributed by atoms with Crippen LogP contribution >= 0.6 is 11.3 Å². The topological polar surface area (TPSA) is 83.6 Å². The predicted molar refractivity (Wildman–Crippen MR) is 109 cm³/mol. The summed E-state index contributed by atoms with van der Waals surface area (Å²) in [5.41, 5.74) is 6.32. The molecule has 7 nitrogen and oxygen atoms in total.